The third kappa shape index (κ3) is 13.9. The summed E-state index contributed by atoms with van der Waals surface area (Å²) in [4.78, 5) is 11.8. The highest BCUT2D eigenvalue weighted by molar-refractivity contribution is 7.89. The summed E-state index contributed by atoms with van der Waals surface area (Å²) in [5.41, 5.74) is 5.44. The molecule has 0 saturated heterocycles. The molecule has 0 aliphatic rings. The van der Waals surface area contributed by atoms with Gasteiger partial charge in [-0.25, -0.2) is 13.1 Å². The SMILES string of the molecule is NCCCNCCCCNCCCNC(=O)CCCCCNS(=O)(=O)c1cnsn1. The Hall–Kier alpha value is -1.18. The summed E-state index contributed by atoms with van der Waals surface area (Å²) in [6.45, 7) is 5.66. The van der Waals surface area contributed by atoms with Crippen molar-refractivity contribution in [3.05, 3.63) is 6.20 Å². The van der Waals surface area contributed by atoms with Crippen LogP contribution in [-0.4, -0.2) is 68.9 Å². The molecule has 12 heteroatoms. The molecule has 10 nitrogen and oxygen atoms in total. The molecule has 1 amide bonds. The van der Waals surface area contributed by atoms with Gasteiger partial charge in [0.25, 0.3) is 10.0 Å². The Morgan fingerprint density at radius 2 is 1.57 bits per heavy atom. The minimum atomic E-state index is -3.56. The van der Waals surface area contributed by atoms with Crippen LogP contribution in [0.25, 0.3) is 0 Å². The van der Waals surface area contributed by atoms with Crippen molar-refractivity contribution in [1.82, 2.24) is 29.4 Å². The van der Waals surface area contributed by atoms with Gasteiger partial charge in [0.1, 0.15) is 0 Å². The minimum absolute atomic E-state index is 0.0447. The second-order valence-electron chi connectivity index (χ2n) is 7.01. The highest BCUT2D eigenvalue weighted by atomic mass is 32.2. The Bertz CT molecular complexity index is 642. The highest BCUT2D eigenvalue weighted by Crippen LogP contribution is 2.05. The monoisotopic (exact) mass is 463 g/mol. The van der Waals surface area contributed by atoms with Crippen molar-refractivity contribution in [3.8, 4) is 0 Å². The molecular weight excluding hydrogens is 426 g/mol. The van der Waals surface area contributed by atoms with Crippen molar-refractivity contribution in [2.24, 2.45) is 5.73 Å². The Morgan fingerprint density at radius 3 is 2.23 bits per heavy atom. The number of hydrogen-bond acceptors (Lipinski definition) is 9. The molecule has 0 aromatic carbocycles. The first-order valence-corrected chi connectivity index (χ1v) is 12.9. The summed E-state index contributed by atoms with van der Waals surface area (Å²) < 4.78 is 33.6. The number of nitrogens with zero attached hydrogens (tertiary/aromatic N) is 2. The maximum atomic E-state index is 11.8. The molecule has 174 valence electrons. The Balaban J connectivity index is 1.84. The predicted molar refractivity (Wildman–Crippen MR) is 120 cm³/mol. The van der Waals surface area contributed by atoms with E-state index in [0.29, 0.717) is 25.9 Å². The first-order valence-electron chi connectivity index (χ1n) is 10.7. The van der Waals surface area contributed by atoms with Crippen molar-refractivity contribution in [2.45, 2.75) is 56.4 Å². The van der Waals surface area contributed by atoms with Crippen LogP contribution in [0, 0.1) is 0 Å². The van der Waals surface area contributed by atoms with Gasteiger partial charge in [-0.2, -0.15) is 8.75 Å². The van der Waals surface area contributed by atoms with Crippen molar-refractivity contribution < 1.29 is 13.2 Å². The quantitative estimate of drug-likeness (QED) is 0.172. The number of nitrogens with one attached hydrogen (secondary N) is 4. The van der Waals surface area contributed by atoms with E-state index in [9.17, 15) is 13.2 Å². The Labute approximate surface area is 184 Å². The Kier molecular flexibility index (Phi) is 15.7. The predicted octanol–water partition coefficient (Wildman–Crippen LogP) is 0.191. The van der Waals surface area contributed by atoms with E-state index in [1.54, 1.807) is 0 Å². The van der Waals surface area contributed by atoms with Gasteiger partial charge < -0.3 is 21.7 Å². The summed E-state index contributed by atoms with van der Waals surface area (Å²) >= 11 is 0.860. The van der Waals surface area contributed by atoms with E-state index in [4.69, 9.17) is 5.73 Å². The van der Waals surface area contributed by atoms with Crippen LogP contribution in [0.4, 0.5) is 0 Å². The van der Waals surface area contributed by atoms with E-state index in [1.807, 2.05) is 0 Å². The second-order valence-corrected chi connectivity index (χ2v) is 9.28. The molecule has 0 saturated carbocycles. The van der Waals surface area contributed by atoms with Crippen LogP contribution in [0.2, 0.25) is 0 Å². The van der Waals surface area contributed by atoms with E-state index in [0.717, 1.165) is 83.0 Å². The molecule has 1 aromatic rings. The standard InChI is InChI=1S/C18H37N7O3S2/c19-9-6-12-20-10-4-5-11-21-13-7-14-22-17(26)8-2-1-3-15-24-30(27,28)18-16-23-29-25-18/h16,20-21,24H,1-15,19H2,(H,22,26). The molecule has 1 heterocycles. The third-order valence-corrected chi connectivity index (χ3v) is 6.28. The zero-order chi connectivity index (χ0) is 21.9. The van der Waals surface area contributed by atoms with E-state index in [2.05, 4.69) is 29.4 Å². The van der Waals surface area contributed by atoms with Gasteiger partial charge in [0.15, 0.2) is 0 Å². The van der Waals surface area contributed by atoms with E-state index in [1.165, 1.54) is 6.20 Å². The Morgan fingerprint density at radius 1 is 0.900 bits per heavy atom. The zero-order valence-corrected chi connectivity index (χ0v) is 19.3. The van der Waals surface area contributed by atoms with Gasteiger partial charge in [-0.05, 0) is 71.2 Å². The van der Waals surface area contributed by atoms with Crippen LogP contribution in [0.3, 0.4) is 0 Å². The number of sulfonamides is 1. The van der Waals surface area contributed by atoms with Gasteiger partial charge in [0, 0.05) is 19.5 Å². The minimum Gasteiger partial charge on any atom is -0.356 e. The van der Waals surface area contributed by atoms with Crippen molar-refractivity contribution in [2.75, 3.05) is 45.8 Å². The molecule has 30 heavy (non-hydrogen) atoms. The van der Waals surface area contributed by atoms with Gasteiger partial charge in [0.05, 0.1) is 17.9 Å². The largest absolute Gasteiger partial charge is 0.356 e. The van der Waals surface area contributed by atoms with Crippen LogP contribution >= 0.6 is 11.7 Å². The number of nitrogens with two attached hydrogens (primary N) is 1. The summed E-state index contributed by atoms with van der Waals surface area (Å²) in [7, 11) is -3.56. The number of hydrogen-bond donors (Lipinski definition) is 5. The summed E-state index contributed by atoms with van der Waals surface area (Å²) in [6, 6.07) is 0. The number of amides is 1. The maximum absolute atomic E-state index is 11.8. The lowest BCUT2D eigenvalue weighted by atomic mass is 10.2. The number of carbonyl (C=O) groups excluding carboxylic acids is 1. The fourth-order valence-electron chi connectivity index (χ4n) is 2.65. The van der Waals surface area contributed by atoms with Gasteiger partial charge in [-0.1, -0.05) is 6.42 Å². The topological polar surface area (TPSA) is 151 Å². The van der Waals surface area contributed by atoms with Crippen molar-refractivity contribution >= 4 is 27.7 Å². The maximum Gasteiger partial charge on any atom is 0.260 e. The summed E-state index contributed by atoms with van der Waals surface area (Å²) in [5.74, 6) is 0.0488. The normalized spacial score (nSPS) is 11.6. The highest BCUT2D eigenvalue weighted by Gasteiger charge is 2.15. The molecule has 1 aromatic heterocycles. The van der Waals surface area contributed by atoms with Gasteiger partial charge in [-0.3, -0.25) is 4.79 Å². The first kappa shape index (κ1) is 26.9. The first-order chi connectivity index (χ1) is 14.6. The van der Waals surface area contributed by atoms with Crippen LogP contribution in [0.1, 0.15) is 51.4 Å². The average Bonchev–Trinajstić information content (AvgIpc) is 3.27. The molecule has 0 bridgehead atoms. The molecule has 1 rings (SSSR count). The van der Waals surface area contributed by atoms with Gasteiger partial charge in [-0.15, -0.1) is 0 Å². The average molecular weight is 464 g/mol. The van der Waals surface area contributed by atoms with Crippen molar-refractivity contribution in [1.29, 1.82) is 0 Å². The molecule has 0 spiro atoms. The molecule has 6 N–H and O–H groups in total. The van der Waals surface area contributed by atoms with E-state index in [-0.39, 0.29) is 10.9 Å². The van der Waals surface area contributed by atoms with Crippen molar-refractivity contribution in [3.63, 3.8) is 0 Å². The lowest BCUT2D eigenvalue weighted by Gasteiger charge is -2.07. The van der Waals surface area contributed by atoms with Crippen LogP contribution < -0.4 is 26.4 Å². The lowest BCUT2D eigenvalue weighted by Crippen LogP contribution is -2.28. The van der Waals surface area contributed by atoms with E-state index >= 15 is 0 Å². The summed E-state index contributed by atoms with van der Waals surface area (Å²) in [6.07, 6.45) is 8.12. The third-order valence-electron chi connectivity index (χ3n) is 4.36. The zero-order valence-electron chi connectivity index (χ0n) is 17.7. The number of aromatic nitrogens is 2. The van der Waals surface area contributed by atoms with E-state index < -0.39 is 10.0 Å². The van der Waals surface area contributed by atoms with Gasteiger partial charge >= 0.3 is 0 Å². The molecule has 0 aliphatic carbocycles. The second kappa shape index (κ2) is 17.5. The number of rotatable bonds is 20. The van der Waals surface area contributed by atoms with Crippen LogP contribution in [-0.2, 0) is 14.8 Å². The molecular formula is C18H37N7O3S2. The molecule has 0 aliphatic heterocycles. The van der Waals surface area contributed by atoms with Gasteiger partial charge in [0.2, 0.25) is 10.9 Å². The molecule has 0 unspecified atom stereocenters. The molecule has 0 atom stereocenters. The number of carbonyl (C=O) groups is 1. The van der Waals surface area contributed by atoms with Crippen LogP contribution in [0.5, 0.6) is 0 Å². The fourth-order valence-corrected chi connectivity index (χ4v) is 4.28. The number of unbranched alkanes of at least 4 members (excludes halogenated alkanes) is 3. The molecule has 0 fully saturated rings. The fraction of sp³-hybridized carbons (Fsp3) is 0.833. The molecule has 0 radical (unpaired) electrons. The smallest absolute Gasteiger partial charge is 0.260 e. The van der Waals surface area contributed by atoms with Crippen LogP contribution in [0.15, 0.2) is 11.2 Å². The lowest BCUT2D eigenvalue weighted by molar-refractivity contribution is -0.121. The summed E-state index contributed by atoms with van der Waals surface area (Å²) in [5, 5.41) is 9.62.